The number of carbonyl (C=O) groups is 1. The van der Waals surface area contributed by atoms with Gasteiger partial charge in [0, 0.05) is 13.1 Å². The van der Waals surface area contributed by atoms with E-state index >= 15 is 0 Å². The van der Waals surface area contributed by atoms with Gasteiger partial charge in [-0.15, -0.1) is 0 Å². The maximum absolute atomic E-state index is 12.1. The molecule has 2 N–H and O–H groups in total. The van der Waals surface area contributed by atoms with E-state index in [1.807, 2.05) is 20.8 Å². The number of aliphatic hydroxyl groups is 1. The summed E-state index contributed by atoms with van der Waals surface area (Å²) < 4.78 is 0. The molecule has 1 aliphatic heterocycles. The molecule has 1 amide bonds. The zero-order chi connectivity index (χ0) is 11.7. The topological polar surface area (TPSA) is 52.6 Å². The van der Waals surface area contributed by atoms with E-state index in [4.69, 9.17) is 0 Å². The molecule has 4 heteroatoms. The Hall–Kier alpha value is -0.610. The molecular formula is C11H22N2O2. The number of rotatable bonds is 3. The third-order valence-corrected chi connectivity index (χ3v) is 2.89. The fourth-order valence-corrected chi connectivity index (χ4v) is 2.03. The van der Waals surface area contributed by atoms with Gasteiger partial charge in [0.15, 0.2) is 0 Å². The lowest BCUT2D eigenvalue weighted by Gasteiger charge is -2.30. The molecule has 0 spiro atoms. The van der Waals surface area contributed by atoms with Gasteiger partial charge >= 0.3 is 0 Å². The Bertz CT molecular complexity index is 249. The van der Waals surface area contributed by atoms with Gasteiger partial charge in [-0.25, -0.2) is 0 Å². The SMILES string of the molecule is CCNC(C)(C)C(=O)N1CCC(C)(O)C1. The molecule has 1 atom stereocenters. The van der Waals surface area contributed by atoms with Crippen LogP contribution in [0.1, 0.15) is 34.1 Å². The van der Waals surface area contributed by atoms with Crippen LogP contribution in [0.15, 0.2) is 0 Å². The van der Waals surface area contributed by atoms with Gasteiger partial charge in [0.25, 0.3) is 0 Å². The number of carbonyl (C=O) groups excluding carboxylic acids is 1. The van der Waals surface area contributed by atoms with Crippen LogP contribution >= 0.6 is 0 Å². The van der Waals surface area contributed by atoms with Gasteiger partial charge in [0.05, 0.1) is 11.1 Å². The first kappa shape index (κ1) is 12.5. The Morgan fingerprint density at radius 2 is 2.20 bits per heavy atom. The smallest absolute Gasteiger partial charge is 0.242 e. The van der Waals surface area contributed by atoms with E-state index < -0.39 is 11.1 Å². The Morgan fingerprint density at radius 3 is 2.60 bits per heavy atom. The fourth-order valence-electron chi connectivity index (χ4n) is 2.03. The largest absolute Gasteiger partial charge is 0.388 e. The molecule has 0 aromatic heterocycles. The van der Waals surface area contributed by atoms with Crippen LogP contribution in [0.3, 0.4) is 0 Å². The second kappa shape index (κ2) is 4.10. The zero-order valence-electron chi connectivity index (χ0n) is 10.1. The van der Waals surface area contributed by atoms with Crippen LogP contribution in [0, 0.1) is 0 Å². The van der Waals surface area contributed by atoms with Crippen LogP contribution in [0.5, 0.6) is 0 Å². The number of amides is 1. The van der Waals surface area contributed by atoms with Crippen LogP contribution in [-0.4, -0.2) is 46.7 Å². The van der Waals surface area contributed by atoms with Crippen molar-refractivity contribution in [1.29, 1.82) is 0 Å². The van der Waals surface area contributed by atoms with Crippen LogP contribution in [0.2, 0.25) is 0 Å². The molecule has 15 heavy (non-hydrogen) atoms. The summed E-state index contributed by atoms with van der Waals surface area (Å²) in [6.45, 7) is 9.39. The first-order valence-corrected chi connectivity index (χ1v) is 5.55. The van der Waals surface area contributed by atoms with E-state index in [-0.39, 0.29) is 5.91 Å². The maximum Gasteiger partial charge on any atom is 0.242 e. The van der Waals surface area contributed by atoms with E-state index in [2.05, 4.69) is 5.32 Å². The fraction of sp³-hybridized carbons (Fsp3) is 0.909. The molecule has 0 bridgehead atoms. The Kier molecular flexibility index (Phi) is 3.41. The predicted octanol–water partition coefficient (Wildman–Crippen LogP) is 0.358. The van der Waals surface area contributed by atoms with Gasteiger partial charge < -0.3 is 15.3 Å². The van der Waals surface area contributed by atoms with E-state index in [1.165, 1.54) is 0 Å². The highest BCUT2D eigenvalue weighted by Gasteiger charge is 2.39. The van der Waals surface area contributed by atoms with Gasteiger partial charge in [-0.3, -0.25) is 4.79 Å². The summed E-state index contributed by atoms with van der Waals surface area (Å²) in [6.07, 6.45) is 0.668. The van der Waals surface area contributed by atoms with Crippen molar-refractivity contribution in [3.63, 3.8) is 0 Å². The van der Waals surface area contributed by atoms with E-state index in [1.54, 1.807) is 11.8 Å². The predicted molar refractivity (Wildman–Crippen MR) is 59.6 cm³/mol. The number of nitrogens with one attached hydrogen (secondary N) is 1. The number of nitrogens with zero attached hydrogens (tertiary/aromatic N) is 1. The number of β-amino-alcohol motifs (C(OH)–C–C–N with tert-alkyl or cyclic N) is 1. The second-order valence-electron chi connectivity index (χ2n) is 5.13. The summed E-state index contributed by atoms with van der Waals surface area (Å²) >= 11 is 0. The summed E-state index contributed by atoms with van der Waals surface area (Å²) in [6, 6.07) is 0. The van der Waals surface area contributed by atoms with Crippen molar-refractivity contribution in [3.05, 3.63) is 0 Å². The van der Waals surface area contributed by atoms with Crippen molar-refractivity contribution in [1.82, 2.24) is 10.2 Å². The second-order valence-corrected chi connectivity index (χ2v) is 5.13. The van der Waals surface area contributed by atoms with Crippen LogP contribution in [0.4, 0.5) is 0 Å². The average molecular weight is 214 g/mol. The highest BCUT2D eigenvalue weighted by molar-refractivity contribution is 5.85. The molecule has 0 aromatic carbocycles. The molecule has 4 nitrogen and oxygen atoms in total. The van der Waals surface area contributed by atoms with Gasteiger partial charge in [-0.2, -0.15) is 0 Å². The molecule has 0 aromatic rings. The third-order valence-electron chi connectivity index (χ3n) is 2.89. The molecule has 0 saturated carbocycles. The Balaban J connectivity index is 2.62. The minimum absolute atomic E-state index is 0.0714. The summed E-state index contributed by atoms with van der Waals surface area (Å²) in [5.41, 5.74) is -1.24. The normalized spacial score (nSPS) is 27.1. The van der Waals surface area contributed by atoms with E-state index in [9.17, 15) is 9.90 Å². The van der Waals surface area contributed by atoms with Crippen molar-refractivity contribution >= 4 is 5.91 Å². The number of hydrogen-bond donors (Lipinski definition) is 2. The Labute approximate surface area is 91.6 Å². The summed E-state index contributed by atoms with van der Waals surface area (Å²) in [5.74, 6) is 0.0714. The molecule has 0 aliphatic carbocycles. The lowest BCUT2D eigenvalue weighted by atomic mass is 10.0. The molecule has 0 radical (unpaired) electrons. The minimum Gasteiger partial charge on any atom is -0.388 e. The van der Waals surface area contributed by atoms with Crippen LogP contribution in [-0.2, 0) is 4.79 Å². The first-order chi connectivity index (χ1) is 6.78. The van der Waals surface area contributed by atoms with Gasteiger partial charge in [-0.05, 0) is 33.7 Å². The first-order valence-electron chi connectivity index (χ1n) is 5.55. The molecule has 1 unspecified atom stereocenters. The summed E-state index contributed by atoms with van der Waals surface area (Å²) in [5, 5.41) is 12.9. The van der Waals surface area contributed by atoms with E-state index in [0.29, 0.717) is 19.5 Å². The zero-order valence-corrected chi connectivity index (χ0v) is 10.1. The van der Waals surface area contributed by atoms with E-state index in [0.717, 1.165) is 6.54 Å². The van der Waals surface area contributed by atoms with Gasteiger partial charge in [0.2, 0.25) is 5.91 Å². The van der Waals surface area contributed by atoms with Gasteiger partial charge in [-0.1, -0.05) is 6.92 Å². The van der Waals surface area contributed by atoms with Crippen molar-refractivity contribution < 1.29 is 9.90 Å². The molecule has 88 valence electrons. The minimum atomic E-state index is -0.710. The quantitative estimate of drug-likeness (QED) is 0.713. The third kappa shape index (κ3) is 2.92. The molecular weight excluding hydrogens is 192 g/mol. The highest BCUT2D eigenvalue weighted by Crippen LogP contribution is 2.22. The molecule has 1 saturated heterocycles. The summed E-state index contributed by atoms with van der Waals surface area (Å²) in [7, 11) is 0. The number of likely N-dealkylation sites (tertiary alicyclic amines) is 1. The van der Waals surface area contributed by atoms with Gasteiger partial charge in [0.1, 0.15) is 0 Å². The van der Waals surface area contributed by atoms with Crippen molar-refractivity contribution in [2.45, 2.75) is 45.3 Å². The molecule has 1 heterocycles. The molecule has 1 fully saturated rings. The van der Waals surface area contributed by atoms with Crippen LogP contribution < -0.4 is 5.32 Å². The summed E-state index contributed by atoms with van der Waals surface area (Å²) in [4.78, 5) is 13.8. The highest BCUT2D eigenvalue weighted by atomic mass is 16.3. The monoisotopic (exact) mass is 214 g/mol. The lowest BCUT2D eigenvalue weighted by molar-refractivity contribution is -0.136. The molecule has 1 aliphatic rings. The van der Waals surface area contributed by atoms with Crippen molar-refractivity contribution in [2.75, 3.05) is 19.6 Å². The van der Waals surface area contributed by atoms with Crippen molar-refractivity contribution in [2.24, 2.45) is 0 Å². The maximum atomic E-state index is 12.1. The van der Waals surface area contributed by atoms with Crippen molar-refractivity contribution in [3.8, 4) is 0 Å². The average Bonchev–Trinajstić information content (AvgIpc) is 2.44. The lowest BCUT2D eigenvalue weighted by Crippen LogP contribution is -2.54. The Morgan fingerprint density at radius 1 is 1.60 bits per heavy atom. The standard InChI is InChI=1S/C11H22N2O2/c1-5-12-10(2,3)9(14)13-7-6-11(4,15)8-13/h12,15H,5-8H2,1-4H3. The van der Waals surface area contributed by atoms with Crippen LogP contribution in [0.25, 0.3) is 0 Å². The number of likely N-dealkylation sites (N-methyl/N-ethyl adjacent to an activating group) is 1. The molecule has 1 rings (SSSR count). The number of hydrogen-bond acceptors (Lipinski definition) is 3.